The molecule has 0 radical (unpaired) electrons. The highest BCUT2D eigenvalue weighted by molar-refractivity contribution is 5.82. The minimum absolute atomic E-state index is 0.0738. The minimum Gasteiger partial charge on any atom is -0.469 e. The largest absolute Gasteiger partial charge is 0.469 e. The molecule has 0 unspecified atom stereocenters. The maximum atomic E-state index is 12.4. The van der Waals surface area contributed by atoms with Crippen molar-refractivity contribution in [3.8, 4) is 5.75 Å². The zero-order valence-corrected chi connectivity index (χ0v) is 13.2. The number of nitro benzene ring substituents is 1. The average Bonchev–Trinajstić information content (AvgIpc) is 2.53. The normalized spacial score (nSPS) is 11.6. The van der Waals surface area contributed by atoms with Crippen LogP contribution in [-0.4, -0.2) is 29.8 Å². The number of amides is 1. The Balaban J connectivity index is 2.43. The summed E-state index contributed by atoms with van der Waals surface area (Å²) in [5.74, 6) is -0.212. The zero-order chi connectivity index (χ0) is 17.0. The van der Waals surface area contributed by atoms with Crippen molar-refractivity contribution in [3.63, 3.8) is 0 Å². The van der Waals surface area contributed by atoms with Crippen LogP contribution in [0.3, 0.4) is 0 Å². The van der Waals surface area contributed by atoms with E-state index in [2.05, 4.69) is 0 Å². The Morgan fingerprint density at radius 3 is 2.39 bits per heavy atom. The number of nitro groups is 1. The number of rotatable bonds is 5. The van der Waals surface area contributed by atoms with Crippen LogP contribution >= 0.6 is 0 Å². The van der Waals surface area contributed by atoms with E-state index in [1.165, 1.54) is 17.0 Å². The van der Waals surface area contributed by atoms with Gasteiger partial charge >= 0.3 is 5.69 Å². The number of hydrogen-bond donors (Lipinski definition) is 0. The molecule has 0 saturated carbocycles. The SMILES string of the molecule is Cc1ccc(O[C@@H](C(=O)N(C)C)c2ccccc2)c([N+](=O)[O-])c1. The van der Waals surface area contributed by atoms with E-state index in [9.17, 15) is 14.9 Å². The molecule has 6 nitrogen and oxygen atoms in total. The molecule has 2 aromatic carbocycles. The molecule has 0 N–H and O–H groups in total. The summed E-state index contributed by atoms with van der Waals surface area (Å²) < 4.78 is 5.74. The molecule has 0 aliphatic heterocycles. The van der Waals surface area contributed by atoms with E-state index in [1.807, 2.05) is 6.07 Å². The van der Waals surface area contributed by atoms with Crippen LogP contribution in [0.5, 0.6) is 5.75 Å². The fourth-order valence-corrected chi connectivity index (χ4v) is 2.12. The molecule has 0 bridgehead atoms. The third kappa shape index (κ3) is 3.85. The molecule has 23 heavy (non-hydrogen) atoms. The number of nitrogens with zero attached hydrogens (tertiary/aromatic N) is 2. The molecule has 0 fully saturated rings. The number of ether oxygens (including phenoxy) is 1. The van der Waals surface area contributed by atoms with Crippen molar-refractivity contribution in [2.45, 2.75) is 13.0 Å². The van der Waals surface area contributed by atoms with E-state index < -0.39 is 11.0 Å². The first-order valence-corrected chi connectivity index (χ1v) is 7.08. The van der Waals surface area contributed by atoms with Gasteiger partial charge in [-0.05, 0) is 18.6 Å². The van der Waals surface area contributed by atoms with Crippen molar-refractivity contribution in [2.75, 3.05) is 14.1 Å². The molecule has 0 spiro atoms. The Kier molecular flexibility index (Phi) is 4.95. The van der Waals surface area contributed by atoms with Gasteiger partial charge < -0.3 is 9.64 Å². The lowest BCUT2D eigenvalue weighted by molar-refractivity contribution is -0.386. The van der Waals surface area contributed by atoms with E-state index in [0.29, 0.717) is 5.56 Å². The van der Waals surface area contributed by atoms with Gasteiger partial charge in [-0.3, -0.25) is 14.9 Å². The number of carbonyl (C=O) groups excluding carboxylic acids is 1. The number of hydrogen-bond acceptors (Lipinski definition) is 4. The lowest BCUT2D eigenvalue weighted by Crippen LogP contribution is -2.31. The second-order valence-corrected chi connectivity index (χ2v) is 5.37. The van der Waals surface area contributed by atoms with Gasteiger partial charge in [0.15, 0.2) is 5.75 Å². The average molecular weight is 314 g/mol. The van der Waals surface area contributed by atoms with Crippen molar-refractivity contribution < 1.29 is 14.5 Å². The van der Waals surface area contributed by atoms with Crippen LogP contribution in [-0.2, 0) is 4.79 Å². The van der Waals surface area contributed by atoms with Crippen molar-refractivity contribution in [1.29, 1.82) is 0 Å². The van der Waals surface area contributed by atoms with Gasteiger partial charge in [0, 0.05) is 25.7 Å². The molecule has 1 amide bonds. The summed E-state index contributed by atoms with van der Waals surface area (Å²) in [7, 11) is 3.23. The molecule has 6 heteroatoms. The predicted molar refractivity (Wildman–Crippen MR) is 86.3 cm³/mol. The van der Waals surface area contributed by atoms with E-state index >= 15 is 0 Å². The van der Waals surface area contributed by atoms with Crippen molar-refractivity contribution in [2.24, 2.45) is 0 Å². The van der Waals surface area contributed by atoms with Crippen molar-refractivity contribution >= 4 is 11.6 Å². The number of carbonyl (C=O) groups is 1. The maximum absolute atomic E-state index is 12.4. The minimum atomic E-state index is -0.937. The molecule has 1 atom stereocenters. The molecular weight excluding hydrogens is 296 g/mol. The van der Waals surface area contributed by atoms with Crippen LogP contribution in [0.1, 0.15) is 17.2 Å². The Morgan fingerprint density at radius 1 is 1.17 bits per heavy atom. The van der Waals surface area contributed by atoms with Crippen LogP contribution in [0.2, 0.25) is 0 Å². The standard InChI is InChI=1S/C17H18N2O4/c1-12-9-10-15(14(11-12)19(21)22)23-16(17(20)18(2)3)13-7-5-4-6-8-13/h4-11,16H,1-3H3/t16-/m1/s1. The summed E-state index contributed by atoms with van der Waals surface area (Å²) in [5, 5.41) is 11.2. The van der Waals surface area contributed by atoms with E-state index in [0.717, 1.165) is 5.56 Å². The summed E-state index contributed by atoms with van der Waals surface area (Å²) in [6.07, 6.45) is -0.937. The topological polar surface area (TPSA) is 72.7 Å². The predicted octanol–water partition coefficient (Wildman–Crippen LogP) is 3.11. The van der Waals surface area contributed by atoms with Crippen molar-refractivity contribution in [1.82, 2.24) is 4.90 Å². The Bertz CT molecular complexity index is 714. The molecular formula is C17H18N2O4. The number of aryl methyl sites for hydroxylation is 1. The lowest BCUT2D eigenvalue weighted by Gasteiger charge is -2.22. The second-order valence-electron chi connectivity index (χ2n) is 5.37. The first kappa shape index (κ1) is 16.5. The Labute approximate surface area is 134 Å². The Hall–Kier alpha value is -2.89. The van der Waals surface area contributed by atoms with Gasteiger partial charge in [0.1, 0.15) is 0 Å². The molecule has 120 valence electrons. The third-order valence-electron chi connectivity index (χ3n) is 3.32. The third-order valence-corrected chi connectivity index (χ3v) is 3.32. The van der Waals surface area contributed by atoms with Gasteiger partial charge in [-0.2, -0.15) is 0 Å². The van der Waals surface area contributed by atoms with Gasteiger partial charge in [0.25, 0.3) is 5.91 Å². The summed E-state index contributed by atoms with van der Waals surface area (Å²) in [6.45, 7) is 1.76. The maximum Gasteiger partial charge on any atom is 0.311 e. The van der Waals surface area contributed by atoms with Gasteiger partial charge in [0.2, 0.25) is 6.10 Å². The van der Waals surface area contributed by atoms with Crippen LogP contribution in [0.15, 0.2) is 48.5 Å². The summed E-state index contributed by atoms with van der Waals surface area (Å²) in [5.41, 5.74) is 1.23. The van der Waals surface area contributed by atoms with Crippen LogP contribution in [0.25, 0.3) is 0 Å². The summed E-state index contributed by atoms with van der Waals surface area (Å²) >= 11 is 0. The van der Waals surface area contributed by atoms with Gasteiger partial charge in [0.05, 0.1) is 4.92 Å². The van der Waals surface area contributed by atoms with Crippen LogP contribution in [0.4, 0.5) is 5.69 Å². The lowest BCUT2D eigenvalue weighted by atomic mass is 10.1. The molecule has 0 heterocycles. The molecule has 0 saturated heterocycles. The van der Waals surface area contributed by atoms with Gasteiger partial charge in [-0.1, -0.05) is 36.4 Å². The molecule has 2 rings (SSSR count). The summed E-state index contributed by atoms with van der Waals surface area (Å²) in [6, 6.07) is 13.6. The van der Waals surface area contributed by atoms with Crippen LogP contribution in [0, 0.1) is 17.0 Å². The van der Waals surface area contributed by atoms with Gasteiger partial charge in [-0.15, -0.1) is 0 Å². The summed E-state index contributed by atoms with van der Waals surface area (Å²) in [4.78, 5) is 24.5. The first-order valence-electron chi connectivity index (χ1n) is 7.08. The monoisotopic (exact) mass is 314 g/mol. The highest BCUT2D eigenvalue weighted by Gasteiger charge is 2.27. The highest BCUT2D eigenvalue weighted by atomic mass is 16.6. The zero-order valence-electron chi connectivity index (χ0n) is 13.2. The fraction of sp³-hybridized carbons (Fsp3) is 0.235. The molecule has 0 aromatic heterocycles. The number of likely N-dealkylation sites (N-methyl/N-ethyl adjacent to an activating group) is 1. The molecule has 2 aromatic rings. The molecule has 0 aliphatic carbocycles. The number of benzene rings is 2. The Morgan fingerprint density at radius 2 is 1.83 bits per heavy atom. The van der Waals surface area contributed by atoms with E-state index in [4.69, 9.17) is 4.74 Å². The smallest absolute Gasteiger partial charge is 0.311 e. The first-order chi connectivity index (χ1) is 10.9. The van der Waals surface area contributed by atoms with E-state index in [1.54, 1.807) is 51.4 Å². The highest BCUT2D eigenvalue weighted by Crippen LogP contribution is 2.32. The molecule has 0 aliphatic rings. The van der Waals surface area contributed by atoms with E-state index in [-0.39, 0.29) is 17.3 Å². The van der Waals surface area contributed by atoms with Crippen molar-refractivity contribution in [3.05, 3.63) is 69.8 Å². The second kappa shape index (κ2) is 6.91. The van der Waals surface area contributed by atoms with Gasteiger partial charge in [-0.25, -0.2) is 0 Å². The fourth-order valence-electron chi connectivity index (χ4n) is 2.12. The quantitative estimate of drug-likeness (QED) is 0.628. The van der Waals surface area contributed by atoms with Crippen LogP contribution < -0.4 is 4.74 Å².